The summed E-state index contributed by atoms with van der Waals surface area (Å²) in [6, 6.07) is 1.04. The van der Waals surface area contributed by atoms with Gasteiger partial charge in [0.05, 0.1) is 17.3 Å². The van der Waals surface area contributed by atoms with Crippen molar-refractivity contribution in [2.75, 3.05) is 0 Å². The van der Waals surface area contributed by atoms with Gasteiger partial charge in [0.1, 0.15) is 0 Å². The molecule has 0 bridgehead atoms. The van der Waals surface area contributed by atoms with Crippen molar-refractivity contribution in [3.63, 3.8) is 0 Å². The average Bonchev–Trinajstić information content (AvgIpc) is 2.78. The Labute approximate surface area is 110 Å². The van der Waals surface area contributed by atoms with E-state index in [1.165, 1.54) is 6.20 Å². The second-order valence-corrected chi connectivity index (χ2v) is 4.44. The monoisotopic (exact) mass is 264 g/mol. The number of nitrogens with two attached hydrogens (primary N) is 1. The first-order chi connectivity index (χ1) is 8.58. The van der Waals surface area contributed by atoms with Crippen LogP contribution in [0.5, 0.6) is 0 Å². The molecule has 0 radical (unpaired) electrons. The Balaban J connectivity index is 2.11. The molecule has 0 saturated heterocycles. The predicted molar refractivity (Wildman–Crippen MR) is 68.1 cm³/mol. The summed E-state index contributed by atoms with van der Waals surface area (Å²) in [5.41, 5.74) is 7.32. The highest BCUT2D eigenvalue weighted by Gasteiger charge is 2.18. The van der Waals surface area contributed by atoms with Gasteiger partial charge in [0.15, 0.2) is 5.78 Å². The van der Waals surface area contributed by atoms with Crippen molar-refractivity contribution in [2.24, 2.45) is 12.8 Å². The van der Waals surface area contributed by atoms with E-state index in [2.05, 4.69) is 10.1 Å². The maximum absolute atomic E-state index is 12.0. The summed E-state index contributed by atoms with van der Waals surface area (Å²) >= 11 is 5.95. The van der Waals surface area contributed by atoms with Crippen LogP contribution in [-0.4, -0.2) is 20.5 Å². The second kappa shape index (κ2) is 5.29. The van der Waals surface area contributed by atoms with Gasteiger partial charge in [-0.05, 0) is 11.6 Å². The molecule has 18 heavy (non-hydrogen) atoms. The number of aromatic nitrogens is 3. The number of aryl methyl sites for hydroxylation is 1. The fourth-order valence-electron chi connectivity index (χ4n) is 1.63. The highest BCUT2D eigenvalue weighted by molar-refractivity contribution is 6.31. The Morgan fingerprint density at radius 2 is 2.33 bits per heavy atom. The molecule has 0 aliphatic heterocycles. The number of carbonyl (C=O) groups is 1. The lowest BCUT2D eigenvalue weighted by Crippen LogP contribution is -2.22. The van der Waals surface area contributed by atoms with Crippen LogP contribution in [0.1, 0.15) is 17.2 Å². The van der Waals surface area contributed by atoms with Gasteiger partial charge in [0.25, 0.3) is 0 Å². The largest absolute Gasteiger partial charge is 0.318 e. The van der Waals surface area contributed by atoms with Crippen molar-refractivity contribution < 1.29 is 4.79 Å². The first-order valence-electron chi connectivity index (χ1n) is 5.43. The van der Waals surface area contributed by atoms with Crippen LogP contribution < -0.4 is 5.73 Å². The summed E-state index contributed by atoms with van der Waals surface area (Å²) in [4.78, 5) is 15.9. The minimum Gasteiger partial charge on any atom is -0.318 e. The van der Waals surface area contributed by atoms with Gasteiger partial charge < -0.3 is 5.73 Å². The van der Waals surface area contributed by atoms with Gasteiger partial charge in [0.2, 0.25) is 0 Å². The number of pyridine rings is 1. The molecule has 2 aromatic rings. The van der Waals surface area contributed by atoms with Crippen molar-refractivity contribution in [1.29, 1.82) is 0 Å². The van der Waals surface area contributed by atoms with Crippen molar-refractivity contribution in [1.82, 2.24) is 14.8 Å². The third kappa shape index (κ3) is 2.75. The van der Waals surface area contributed by atoms with E-state index in [-0.39, 0.29) is 12.2 Å². The van der Waals surface area contributed by atoms with Gasteiger partial charge in [-0.3, -0.25) is 14.5 Å². The smallest absolute Gasteiger partial charge is 0.158 e. The molecular formula is C12H13ClN4O. The number of carbonyl (C=O) groups excluding carboxylic acids is 1. The SMILES string of the molecule is Cn1cc(C(N)C(=O)Cc2ccncc2Cl)cn1. The van der Waals surface area contributed by atoms with Gasteiger partial charge in [0, 0.05) is 37.6 Å². The molecule has 0 spiro atoms. The van der Waals surface area contributed by atoms with Crippen molar-refractivity contribution >= 4 is 17.4 Å². The van der Waals surface area contributed by atoms with E-state index in [4.69, 9.17) is 17.3 Å². The fourth-order valence-corrected chi connectivity index (χ4v) is 1.82. The van der Waals surface area contributed by atoms with Crippen LogP contribution in [0.2, 0.25) is 5.02 Å². The van der Waals surface area contributed by atoms with E-state index in [0.29, 0.717) is 10.6 Å². The van der Waals surface area contributed by atoms with E-state index in [9.17, 15) is 4.79 Å². The van der Waals surface area contributed by atoms with E-state index in [0.717, 1.165) is 5.56 Å². The molecule has 94 valence electrons. The molecular weight excluding hydrogens is 252 g/mol. The van der Waals surface area contributed by atoms with E-state index >= 15 is 0 Å². The third-order valence-corrected chi connectivity index (χ3v) is 2.99. The Morgan fingerprint density at radius 3 is 2.94 bits per heavy atom. The van der Waals surface area contributed by atoms with Gasteiger partial charge in [-0.2, -0.15) is 5.10 Å². The lowest BCUT2D eigenvalue weighted by atomic mass is 10.0. The molecule has 0 aromatic carbocycles. The van der Waals surface area contributed by atoms with Crippen molar-refractivity contribution in [2.45, 2.75) is 12.5 Å². The molecule has 2 rings (SSSR count). The minimum atomic E-state index is -0.678. The third-order valence-electron chi connectivity index (χ3n) is 2.65. The Bertz CT molecular complexity index is 567. The summed E-state index contributed by atoms with van der Waals surface area (Å²) in [5.74, 6) is -0.101. The van der Waals surface area contributed by atoms with Gasteiger partial charge in [-0.25, -0.2) is 0 Å². The lowest BCUT2D eigenvalue weighted by molar-refractivity contribution is -0.119. The molecule has 0 saturated carbocycles. The molecule has 5 nitrogen and oxygen atoms in total. The number of halogens is 1. The van der Waals surface area contributed by atoms with Crippen LogP contribution in [0.3, 0.4) is 0 Å². The molecule has 1 unspecified atom stereocenters. The topological polar surface area (TPSA) is 73.8 Å². The van der Waals surface area contributed by atoms with Crippen molar-refractivity contribution in [3.05, 3.63) is 47.0 Å². The molecule has 6 heteroatoms. The van der Waals surface area contributed by atoms with Gasteiger partial charge >= 0.3 is 0 Å². The van der Waals surface area contributed by atoms with E-state index in [1.807, 2.05) is 0 Å². The van der Waals surface area contributed by atoms with Crippen LogP contribution in [0.25, 0.3) is 0 Å². The van der Waals surface area contributed by atoms with Gasteiger partial charge in [-0.1, -0.05) is 11.6 Å². The molecule has 0 amide bonds. The van der Waals surface area contributed by atoms with E-state index in [1.54, 1.807) is 36.4 Å². The van der Waals surface area contributed by atoms with Gasteiger partial charge in [-0.15, -0.1) is 0 Å². The van der Waals surface area contributed by atoms with Crippen molar-refractivity contribution in [3.8, 4) is 0 Å². The number of nitrogens with zero attached hydrogens (tertiary/aromatic N) is 3. The molecule has 1 atom stereocenters. The molecule has 0 fully saturated rings. The number of rotatable bonds is 4. The minimum absolute atomic E-state index is 0.101. The zero-order valence-corrected chi connectivity index (χ0v) is 10.6. The standard InChI is InChI=1S/C12H13ClN4O/c1-17-7-9(5-16-17)12(14)11(18)4-8-2-3-15-6-10(8)13/h2-3,5-7,12H,4,14H2,1H3. The highest BCUT2D eigenvalue weighted by atomic mass is 35.5. The summed E-state index contributed by atoms with van der Waals surface area (Å²) in [7, 11) is 1.78. The lowest BCUT2D eigenvalue weighted by Gasteiger charge is -2.09. The first-order valence-corrected chi connectivity index (χ1v) is 5.81. The predicted octanol–water partition coefficient (Wildman–Crippen LogP) is 1.28. The maximum atomic E-state index is 12.0. The maximum Gasteiger partial charge on any atom is 0.158 e. The van der Waals surface area contributed by atoms with E-state index < -0.39 is 6.04 Å². The molecule has 2 aromatic heterocycles. The van der Waals surface area contributed by atoms with Crippen LogP contribution >= 0.6 is 11.6 Å². The highest BCUT2D eigenvalue weighted by Crippen LogP contribution is 2.18. The van der Waals surface area contributed by atoms with Crippen LogP contribution in [0.4, 0.5) is 0 Å². The molecule has 0 aliphatic carbocycles. The zero-order chi connectivity index (χ0) is 13.1. The fraction of sp³-hybridized carbons (Fsp3) is 0.250. The average molecular weight is 265 g/mol. The Hall–Kier alpha value is -1.72. The second-order valence-electron chi connectivity index (χ2n) is 4.04. The van der Waals surface area contributed by atoms with Crippen LogP contribution in [0, 0.1) is 0 Å². The Kier molecular flexibility index (Phi) is 3.74. The Morgan fingerprint density at radius 1 is 1.56 bits per heavy atom. The number of hydrogen-bond acceptors (Lipinski definition) is 4. The van der Waals surface area contributed by atoms with Crippen LogP contribution in [-0.2, 0) is 18.3 Å². The summed E-state index contributed by atoms with van der Waals surface area (Å²) in [5, 5.41) is 4.47. The number of Topliss-reactive ketones (excluding diaryl/α,β-unsaturated/α-hetero) is 1. The summed E-state index contributed by atoms with van der Waals surface area (Å²) in [6.07, 6.45) is 6.63. The first kappa shape index (κ1) is 12.7. The van der Waals surface area contributed by atoms with Crippen LogP contribution in [0.15, 0.2) is 30.9 Å². The normalized spacial score (nSPS) is 12.4. The molecule has 2 N–H and O–H groups in total. The number of hydrogen-bond donors (Lipinski definition) is 1. The molecule has 2 heterocycles. The summed E-state index contributed by atoms with van der Waals surface area (Å²) in [6.45, 7) is 0. The zero-order valence-electron chi connectivity index (χ0n) is 9.88. The quantitative estimate of drug-likeness (QED) is 0.903. The summed E-state index contributed by atoms with van der Waals surface area (Å²) < 4.78 is 1.61. The molecule has 0 aliphatic rings. The number of ketones is 1.